The Bertz CT molecular complexity index is 66.9. The fraction of sp³-hybridized carbons (Fsp3) is 1.00. The van der Waals surface area contributed by atoms with Crippen LogP contribution in [0.3, 0.4) is 0 Å². The summed E-state index contributed by atoms with van der Waals surface area (Å²) in [5.74, 6) is 0. The Morgan fingerprint density at radius 2 is 1.14 bits per heavy atom. The van der Waals surface area contributed by atoms with E-state index in [1.807, 2.05) is 0 Å². The van der Waals surface area contributed by atoms with Gasteiger partial charge in [0, 0.05) is 0 Å². The van der Waals surface area contributed by atoms with E-state index in [0.717, 1.165) is 0 Å². The predicted octanol–water partition coefficient (Wildman–Crippen LogP) is 2.87. The monoisotopic (exact) mass is 202 g/mol. The molecule has 0 heterocycles. The summed E-state index contributed by atoms with van der Waals surface area (Å²) in [5, 5.41) is 0. The molecule has 2 nitrogen and oxygen atoms in total. The molecule has 1 aliphatic carbocycles. The highest BCUT2D eigenvalue weighted by Gasteiger charge is 1.95. The smallest absolute Gasteiger partial charge is 0.00275 e. The molecule has 1 saturated carbocycles. The van der Waals surface area contributed by atoms with Gasteiger partial charge in [0.05, 0.1) is 0 Å². The zero-order valence-electron chi connectivity index (χ0n) is 10.7. The summed E-state index contributed by atoms with van der Waals surface area (Å²) in [7, 11) is 5.67. The van der Waals surface area contributed by atoms with Gasteiger partial charge in [-0.3, -0.25) is 0 Å². The lowest BCUT2D eigenvalue weighted by molar-refractivity contribution is 0.408. The van der Waals surface area contributed by atoms with Crippen LogP contribution < -0.4 is 5.73 Å². The van der Waals surface area contributed by atoms with Gasteiger partial charge in [-0.2, -0.15) is 0 Å². The molecule has 0 aromatic rings. The fourth-order valence-corrected chi connectivity index (χ4v) is 1.51. The van der Waals surface area contributed by atoms with Crippen molar-refractivity contribution >= 4 is 0 Å². The SMILES string of the molecule is C1CCCCC1.CCCN(C)C.CN. The Labute approximate surface area is 90.9 Å². The van der Waals surface area contributed by atoms with Crippen molar-refractivity contribution in [2.45, 2.75) is 51.9 Å². The maximum Gasteiger partial charge on any atom is -0.00275 e. The molecule has 0 unspecified atom stereocenters. The van der Waals surface area contributed by atoms with Crippen molar-refractivity contribution in [3.63, 3.8) is 0 Å². The summed E-state index contributed by atoms with van der Waals surface area (Å²) in [6.07, 6.45) is 10.3. The Hall–Kier alpha value is -0.0800. The number of nitrogens with two attached hydrogens (primary N) is 1. The number of rotatable bonds is 2. The first kappa shape index (κ1) is 16.4. The molecule has 1 fully saturated rings. The van der Waals surface area contributed by atoms with Crippen LogP contribution in [0, 0.1) is 0 Å². The van der Waals surface area contributed by atoms with Crippen LogP contribution in [0.5, 0.6) is 0 Å². The van der Waals surface area contributed by atoms with Crippen molar-refractivity contribution in [3.05, 3.63) is 0 Å². The lowest BCUT2D eigenvalue weighted by Gasteiger charge is -2.05. The zero-order valence-corrected chi connectivity index (χ0v) is 10.7. The van der Waals surface area contributed by atoms with E-state index in [4.69, 9.17) is 0 Å². The average Bonchev–Trinajstić information content (AvgIpc) is 2.24. The Morgan fingerprint density at radius 1 is 0.857 bits per heavy atom. The molecule has 0 amide bonds. The molecule has 0 aromatic heterocycles. The molecule has 0 radical (unpaired) electrons. The van der Waals surface area contributed by atoms with Gasteiger partial charge in [0.1, 0.15) is 0 Å². The molecular weight excluding hydrogens is 172 g/mol. The summed E-state index contributed by atoms with van der Waals surface area (Å²) in [5.41, 5.74) is 4.50. The van der Waals surface area contributed by atoms with E-state index in [0.29, 0.717) is 0 Å². The molecule has 0 spiro atoms. The molecule has 0 aliphatic heterocycles. The molecule has 0 aromatic carbocycles. The van der Waals surface area contributed by atoms with E-state index in [1.165, 1.54) is 58.5 Å². The highest BCUT2D eigenvalue weighted by atomic mass is 15.0. The molecule has 1 aliphatic rings. The van der Waals surface area contributed by atoms with E-state index < -0.39 is 0 Å². The molecular formula is C12H30N2. The summed E-state index contributed by atoms with van der Waals surface area (Å²) in [4.78, 5) is 2.18. The number of hydrogen-bond acceptors (Lipinski definition) is 2. The van der Waals surface area contributed by atoms with Gasteiger partial charge in [-0.1, -0.05) is 45.4 Å². The minimum Gasteiger partial charge on any atom is -0.333 e. The fourth-order valence-electron chi connectivity index (χ4n) is 1.51. The van der Waals surface area contributed by atoms with Crippen LogP contribution in [0.15, 0.2) is 0 Å². The third-order valence-corrected chi connectivity index (χ3v) is 2.17. The standard InChI is InChI=1S/C6H12.C5H13N.CH5N/c1-2-4-6-5-3-1;1-4-5-6(2)3;1-2/h1-6H2;4-5H2,1-3H3;2H2,1H3. The van der Waals surface area contributed by atoms with E-state index in [2.05, 4.69) is 31.7 Å². The van der Waals surface area contributed by atoms with Gasteiger partial charge in [-0.15, -0.1) is 0 Å². The van der Waals surface area contributed by atoms with Gasteiger partial charge in [-0.25, -0.2) is 0 Å². The van der Waals surface area contributed by atoms with Gasteiger partial charge in [-0.05, 0) is 34.1 Å². The van der Waals surface area contributed by atoms with Gasteiger partial charge in [0.25, 0.3) is 0 Å². The molecule has 0 atom stereocenters. The molecule has 1 rings (SSSR count). The van der Waals surface area contributed by atoms with Crippen molar-refractivity contribution in [1.82, 2.24) is 4.90 Å². The minimum atomic E-state index is 1.21. The van der Waals surface area contributed by atoms with Crippen molar-refractivity contribution in [3.8, 4) is 0 Å². The molecule has 2 N–H and O–H groups in total. The van der Waals surface area contributed by atoms with Crippen LogP contribution >= 0.6 is 0 Å². The van der Waals surface area contributed by atoms with Crippen LogP contribution in [0.25, 0.3) is 0 Å². The first-order valence-electron chi connectivity index (χ1n) is 6.00. The largest absolute Gasteiger partial charge is 0.333 e. The van der Waals surface area contributed by atoms with E-state index in [9.17, 15) is 0 Å². The molecule has 14 heavy (non-hydrogen) atoms. The maximum atomic E-state index is 4.50. The highest BCUT2D eigenvalue weighted by Crippen LogP contribution is 2.15. The second-order valence-electron chi connectivity index (χ2n) is 3.92. The molecule has 0 saturated heterocycles. The number of hydrogen-bond donors (Lipinski definition) is 1. The van der Waals surface area contributed by atoms with Gasteiger partial charge < -0.3 is 10.6 Å². The third kappa shape index (κ3) is 17.9. The van der Waals surface area contributed by atoms with Gasteiger partial charge in [0.2, 0.25) is 0 Å². The highest BCUT2D eigenvalue weighted by molar-refractivity contribution is 4.51. The van der Waals surface area contributed by atoms with Crippen molar-refractivity contribution in [2.24, 2.45) is 5.73 Å². The summed E-state index contributed by atoms with van der Waals surface area (Å²) in [6.45, 7) is 3.39. The van der Waals surface area contributed by atoms with Gasteiger partial charge in [0.15, 0.2) is 0 Å². The Balaban J connectivity index is 0. The average molecular weight is 202 g/mol. The summed E-state index contributed by atoms with van der Waals surface area (Å²) < 4.78 is 0. The van der Waals surface area contributed by atoms with E-state index in [1.54, 1.807) is 0 Å². The molecule has 88 valence electrons. The Kier molecular flexibility index (Phi) is 18.0. The first-order valence-corrected chi connectivity index (χ1v) is 6.00. The van der Waals surface area contributed by atoms with Crippen LogP contribution in [-0.4, -0.2) is 32.6 Å². The maximum absolute atomic E-state index is 4.50. The first-order chi connectivity index (χ1) is 6.77. The topological polar surface area (TPSA) is 29.3 Å². The van der Waals surface area contributed by atoms with E-state index >= 15 is 0 Å². The van der Waals surface area contributed by atoms with Crippen molar-refractivity contribution < 1.29 is 0 Å². The second-order valence-corrected chi connectivity index (χ2v) is 3.92. The second kappa shape index (κ2) is 15.4. The predicted molar refractivity (Wildman–Crippen MR) is 66.7 cm³/mol. The lowest BCUT2D eigenvalue weighted by atomic mass is 10.0. The zero-order chi connectivity index (χ0) is 11.2. The molecule has 0 bridgehead atoms. The number of nitrogens with zero attached hydrogens (tertiary/aromatic N) is 1. The van der Waals surface area contributed by atoms with Gasteiger partial charge >= 0.3 is 0 Å². The normalized spacial score (nSPS) is 15.0. The van der Waals surface area contributed by atoms with Crippen molar-refractivity contribution in [1.29, 1.82) is 0 Å². The quantitative estimate of drug-likeness (QED) is 0.746. The van der Waals surface area contributed by atoms with Crippen LogP contribution in [-0.2, 0) is 0 Å². The lowest BCUT2D eigenvalue weighted by Crippen LogP contribution is -2.11. The minimum absolute atomic E-state index is 1.21. The van der Waals surface area contributed by atoms with E-state index in [-0.39, 0.29) is 0 Å². The van der Waals surface area contributed by atoms with Crippen molar-refractivity contribution in [2.75, 3.05) is 27.7 Å². The third-order valence-electron chi connectivity index (χ3n) is 2.17. The Morgan fingerprint density at radius 3 is 1.21 bits per heavy atom. The van der Waals surface area contributed by atoms with Crippen LogP contribution in [0.2, 0.25) is 0 Å². The molecule has 2 heteroatoms. The summed E-state index contributed by atoms with van der Waals surface area (Å²) in [6, 6.07) is 0. The van der Waals surface area contributed by atoms with Crippen LogP contribution in [0.4, 0.5) is 0 Å². The summed E-state index contributed by atoms with van der Waals surface area (Å²) >= 11 is 0. The van der Waals surface area contributed by atoms with Crippen LogP contribution in [0.1, 0.15) is 51.9 Å².